The van der Waals surface area contributed by atoms with Crippen LogP contribution in [0.25, 0.3) is 0 Å². The zero-order valence-corrected chi connectivity index (χ0v) is 16.3. The lowest BCUT2D eigenvalue weighted by atomic mass is 9.84. The molecule has 130 valence electrons. The summed E-state index contributed by atoms with van der Waals surface area (Å²) < 4.78 is 4.80. The third-order valence-electron chi connectivity index (χ3n) is 4.17. The van der Waals surface area contributed by atoms with Crippen LogP contribution < -0.4 is 10.6 Å². The molecule has 0 atom stereocenters. The van der Waals surface area contributed by atoms with Gasteiger partial charge in [-0.1, -0.05) is 18.0 Å². The minimum Gasteiger partial charge on any atom is -0.364 e. The van der Waals surface area contributed by atoms with Crippen LogP contribution in [0.4, 0.5) is 0 Å². The molecule has 1 aliphatic rings. The molecule has 1 aromatic heterocycles. The van der Waals surface area contributed by atoms with Crippen LogP contribution in [-0.2, 0) is 11.3 Å². The van der Waals surface area contributed by atoms with Crippen LogP contribution in [0.2, 0.25) is 0 Å². The van der Waals surface area contributed by atoms with Crippen molar-refractivity contribution in [1.29, 1.82) is 0 Å². The van der Waals surface area contributed by atoms with Crippen molar-refractivity contribution in [2.75, 3.05) is 27.7 Å². The molecule has 0 aliphatic heterocycles. The number of nitrogens with one attached hydrogen (secondary N) is 2. The Bertz CT molecular complexity index is 510. The normalized spacial score (nSPS) is 16.6. The van der Waals surface area contributed by atoms with Crippen molar-refractivity contribution in [3.05, 3.63) is 18.0 Å². The highest BCUT2D eigenvalue weighted by Gasteiger charge is 2.42. The van der Waals surface area contributed by atoms with Crippen molar-refractivity contribution >= 4 is 35.8 Å². The van der Waals surface area contributed by atoms with Crippen molar-refractivity contribution in [2.45, 2.75) is 32.2 Å². The number of hydrogen-bond donors (Lipinski definition) is 2. The highest BCUT2D eigenvalue weighted by Crippen LogP contribution is 2.38. The maximum Gasteiger partial charge on any atom is 0.230 e. The van der Waals surface area contributed by atoms with Crippen molar-refractivity contribution in [1.82, 2.24) is 20.7 Å². The molecule has 1 amide bonds. The number of aliphatic imine (C=N–C) groups is 1. The minimum atomic E-state index is -0.311. The SMILES string of the molecule is CN=C(NCc1ccon1)NCC1(C(=O)N(C)C)CCCC1.I. The van der Waals surface area contributed by atoms with E-state index in [0.717, 1.165) is 31.4 Å². The molecule has 0 unspecified atom stereocenters. The molecule has 1 aliphatic carbocycles. The number of halogens is 1. The van der Waals surface area contributed by atoms with E-state index in [0.29, 0.717) is 19.0 Å². The number of carbonyl (C=O) groups is 1. The number of guanidine groups is 1. The molecule has 1 saturated carbocycles. The van der Waals surface area contributed by atoms with Gasteiger partial charge in [-0.3, -0.25) is 9.79 Å². The van der Waals surface area contributed by atoms with Gasteiger partial charge in [-0.05, 0) is 12.8 Å². The average molecular weight is 435 g/mol. The highest BCUT2D eigenvalue weighted by atomic mass is 127. The minimum absolute atomic E-state index is 0. The molecular formula is C15H26IN5O2. The van der Waals surface area contributed by atoms with E-state index in [1.54, 1.807) is 18.0 Å². The topological polar surface area (TPSA) is 82.8 Å². The van der Waals surface area contributed by atoms with Gasteiger partial charge in [-0.2, -0.15) is 0 Å². The molecule has 0 radical (unpaired) electrons. The fourth-order valence-electron chi connectivity index (χ4n) is 2.97. The molecule has 0 bridgehead atoms. The van der Waals surface area contributed by atoms with Gasteiger partial charge in [0.05, 0.1) is 12.0 Å². The van der Waals surface area contributed by atoms with Crippen LogP contribution in [-0.4, -0.2) is 49.6 Å². The number of amides is 1. The molecule has 7 nitrogen and oxygen atoms in total. The third-order valence-corrected chi connectivity index (χ3v) is 4.17. The van der Waals surface area contributed by atoms with Gasteiger partial charge in [0.1, 0.15) is 12.0 Å². The van der Waals surface area contributed by atoms with Crippen LogP contribution in [0.1, 0.15) is 31.4 Å². The summed E-state index contributed by atoms with van der Waals surface area (Å²) in [5.41, 5.74) is 0.498. The van der Waals surface area contributed by atoms with E-state index < -0.39 is 0 Å². The number of rotatable bonds is 5. The summed E-state index contributed by atoms with van der Waals surface area (Å²) in [6.07, 6.45) is 5.60. The Balaban J connectivity index is 0.00000264. The monoisotopic (exact) mass is 435 g/mol. The second kappa shape index (κ2) is 9.09. The number of hydrogen-bond acceptors (Lipinski definition) is 4. The maximum absolute atomic E-state index is 12.5. The summed E-state index contributed by atoms with van der Waals surface area (Å²) in [6, 6.07) is 1.80. The van der Waals surface area contributed by atoms with Gasteiger partial charge in [-0.25, -0.2) is 0 Å². The maximum atomic E-state index is 12.5. The Hall–Kier alpha value is -1.32. The summed E-state index contributed by atoms with van der Waals surface area (Å²) in [6.45, 7) is 1.13. The number of aromatic nitrogens is 1. The van der Waals surface area contributed by atoms with Crippen LogP contribution in [0.15, 0.2) is 21.8 Å². The van der Waals surface area contributed by atoms with E-state index in [-0.39, 0.29) is 35.3 Å². The van der Waals surface area contributed by atoms with Gasteiger partial charge in [0, 0.05) is 33.8 Å². The van der Waals surface area contributed by atoms with Crippen LogP contribution in [0.5, 0.6) is 0 Å². The lowest BCUT2D eigenvalue weighted by molar-refractivity contribution is -0.138. The summed E-state index contributed by atoms with van der Waals surface area (Å²) in [7, 11) is 5.35. The first-order valence-corrected chi connectivity index (χ1v) is 7.63. The fraction of sp³-hybridized carbons (Fsp3) is 0.667. The van der Waals surface area contributed by atoms with E-state index in [1.807, 2.05) is 14.1 Å². The molecule has 1 aromatic rings. The van der Waals surface area contributed by atoms with E-state index in [4.69, 9.17) is 4.52 Å². The molecule has 2 N–H and O–H groups in total. The van der Waals surface area contributed by atoms with Crippen molar-refractivity contribution < 1.29 is 9.32 Å². The van der Waals surface area contributed by atoms with E-state index >= 15 is 0 Å². The lowest BCUT2D eigenvalue weighted by Gasteiger charge is -2.31. The van der Waals surface area contributed by atoms with Gasteiger partial charge in [0.25, 0.3) is 0 Å². The molecule has 1 heterocycles. The average Bonchev–Trinajstić information content (AvgIpc) is 3.18. The molecule has 8 heteroatoms. The van der Waals surface area contributed by atoms with Crippen LogP contribution in [0, 0.1) is 5.41 Å². The van der Waals surface area contributed by atoms with Crippen LogP contribution >= 0.6 is 24.0 Å². The Morgan fingerprint density at radius 1 is 1.39 bits per heavy atom. The summed E-state index contributed by atoms with van der Waals surface area (Å²) >= 11 is 0. The predicted octanol–water partition coefficient (Wildman–Crippen LogP) is 1.61. The first-order chi connectivity index (χ1) is 10.6. The molecule has 0 saturated heterocycles. The summed E-state index contributed by atoms with van der Waals surface area (Å²) in [5.74, 6) is 0.866. The molecular weight excluding hydrogens is 409 g/mol. The van der Waals surface area contributed by atoms with Gasteiger partial charge in [0.2, 0.25) is 5.91 Å². The third kappa shape index (κ3) is 5.08. The smallest absolute Gasteiger partial charge is 0.230 e. The standard InChI is InChI=1S/C15H25N5O2.HI/c1-16-14(17-10-12-6-9-22-19-12)18-11-15(7-4-5-8-15)13(21)20(2)3;/h6,9H,4-5,7-8,10-11H2,1-3H3,(H2,16,17,18);1H. The Kier molecular flexibility index (Phi) is 7.80. The highest BCUT2D eigenvalue weighted by molar-refractivity contribution is 14.0. The summed E-state index contributed by atoms with van der Waals surface area (Å²) in [4.78, 5) is 18.4. The van der Waals surface area contributed by atoms with E-state index in [9.17, 15) is 4.79 Å². The van der Waals surface area contributed by atoms with Crippen molar-refractivity contribution in [3.63, 3.8) is 0 Å². The van der Waals surface area contributed by atoms with Gasteiger partial charge >= 0.3 is 0 Å². The number of carbonyl (C=O) groups excluding carboxylic acids is 1. The Morgan fingerprint density at radius 3 is 2.61 bits per heavy atom. The van der Waals surface area contributed by atoms with Crippen LogP contribution in [0.3, 0.4) is 0 Å². The van der Waals surface area contributed by atoms with E-state index in [1.165, 1.54) is 6.26 Å². The Labute approximate surface area is 154 Å². The molecule has 0 spiro atoms. The summed E-state index contributed by atoms with van der Waals surface area (Å²) in [5, 5.41) is 10.3. The molecule has 1 fully saturated rings. The van der Waals surface area contributed by atoms with Gasteiger partial charge in [-0.15, -0.1) is 24.0 Å². The predicted molar refractivity (Wildman–Crippen MR) is 99.7 cm³/mol. The first kappa shape index (κ1) is 19.7. The molecule has 0 aromatic carbocycles. The second-order valence-electron chi connectivity index (χ2n) is 5.96. The zero-order valence-electron chi connectivity index (χ0n) is 14.0. The zero-order chi connectivity index (χ0) is 16.0. The molecule has 2 rings (SSSR count). The number of nitrogens with zero attached hydrogens (tertiary/aromatic N) is 3. The first-order valence-electron chi connectivity index (χ1n) is 7.63. The fourth-order valence-corrected chi connectivity index (χ4v) is 2.97. The van der Waals surface area contributed by atoms with Gasteiger partial charge < -0.3 is 20.1 Å². The van der Waals surface area contributed by atoms with E-state index in [2.05, 4.69) is 20.8 Å². The second-order valence-corrected chi connectivity index (χ2v) is 5.96. The molecule has 23 heavy (non-hydrogen) atoms. The van der Waals surface area contributed by atoms with Crippen molar-refractivity contribution in [3.8, 4) is 0 Å². The lowest BCUT2D eigenvalue weighted by Crippen LogP contribution is -2.49. The van der Waals surface area contributed by atoms with Gasteiger partial charge in [0.15, 0.2) is 5.96 Å². The Morgan fingerprint density at radius 2 is 2.09 bits per heavy atom. The quantitative estimate of drug-likeness (QED) is 0.417. The van der Waals surface area contributed by atoms with Crippen molar-refractivity contribution in [2.24, 2.45) is 10.4 Å². The largest absolute Gasteiger partial charge is 0.364 e.